The Balaban J connectivity index is 2.13. The van der Waals surface area contributed by atoms with Gasteiger partial charge in [-0.05, 0) is 38.1 Å². The highest BCUT2D eigenvalue weighted by molar-refractivity contribution is 7.89. The number of rotatable bonds is 4. The van der Waals surface area contributed by atoms with E-state index in [1.807, 2.05) is 14.0 Å². The second-order valence-corrected chi connectivity index (χ2v) is 7.11. The van der Waals surface area contributed by atoms with Crippen LogP contribution in [0.1, 0.15) is 23.7 Å². The standard InChI is InChI=1S/C13H19N3O4S/c1-9-8-16(2)6-5-11(9)15-21(19,20)12-4-3-10(7-14-12)13(17)18/h3-4,7,9,11,15H,5-6,8H2,1-2H3,(H,17,18). The number of pyridine rings is 1. The second kappa shape index (κ2) is 6.08. The third-order valence-electron chi connectivity index (χ3n) is 3.67. The van der Waals surface area contributed by atoms with Gasteiger partial charge in [-0.2, -0.15) is 0 Å². The fourth-order valence-electron chi connectivity index (χ4n) is 2.45. The van der Waals surface area contributed by atoms with E-state index in [1.165, 1.54) is 12.1 Å². The molecule has 1 aliphatic rings. The normalized spacial score (nSPS) is 23.9. The van der Waals surface area contributed by atoms with Crippen molar-refractivity contribution >= 4 is 16.0 Å². The molecule has 1 fully saturated rings. The van der Waals surface area contributed by atoms with Gasteiger partial charge in [0.1, 0.15) is 0 Å². The first-order valence-corrected chi connectivity index (χ1v) is 8.18. The van der Waals surface area contributed by atoms with E-state index in [1.54, 1.807) is 0 Å². The summed E-state index contributed by atoms with van der Waals surface area (Å²) in [7, 11) is -1.72. The summed E-state index contributed by atoms with van der Waals surface area (Å²) in [5.41, 5.74) is -0.0402. The molecule has 1 aliphatic heterocycles. The van der Waals surface area contributed by atoms with Crippen LogP contribution in [0.5, 0.6) is 0 Å². The summed E-state index contributed by atoms with van der Waals surface area (Å²) in [4.78, 5) is 16.6. The highest BCUT2D eigenvalue weighted by Crippen LogP contribution is 2.18. The first-order valence-electron chi connectivity index (χ1n) is 6.70. The largest absolute Gasteiger partial charge is 0.478 e. The van der Waals surface area contributed by atoms with Crippen LogP contribution in [0.25, 0.3) is 0 Å². The van der Waals surface area contributed by atoms with Crippen LogP contribution >= 0.6 is 0 Å². The van der Waals surface area contributed by atoms with Crippen molar-refractivity contribution in [2.45, 2.75) is 24.4 Å². The Bertz CT molecular complexity index is 615. The molecule has 1 aromatic rings. The number of hydrogen-bond acceptors (Lipinski definition) is 5. The molecule has 116 valence electrons. The van der Waals surface area contributed by atoms with E-state index < -0.39 is 16.0 Å². The zero-order valence-corrected chi connectivity index (χ0v) is 12.8. The number of nitrogens with one attached hydrogen (secondary N) is 1. The van der Waals surface area contributed by atoms with Gasteiger partial charge < -0.3 is 10.0 Å². The van der Waals surface area contributed by atoms with Gasteiger partial charge in [0.25, 0.3) is 10.0 Å². The number of aromatic nitrogens is 1. The summed E-state index contributed by atoms with van der Waals surface area (Å²) in [6, 6.07) is 2.32. The first kappa shape index (κ1) is 15.9. The molecule has 0 aliphatic carbocycles. The number of carboxylic acid groups (broad SMARTS) is 1. The van der Waals surface area contributed by atoms with E-state index in [-0.39, 0.29) is 22.5 Å². The van der Waals surface area contributed by atoms with Crippen LogP contribution in [0.4, 0.5) is 0 Å². The van der Waals surface area contributed by atoms with Crippen molar-refractivity contribution < 1.29 is 18.3 Å². The number of piperidine rings is 1. The molecule has 8 heteroatoms. The third-order valence-corrected chi connectivity index (χ3v) is 5.08. The lowest BCUT2D eigenvalue weighted by molar-refractivity contribution is 0.0696. The molecular weight excluding hydrogens is 294 g/mol. The Kier molecular flexibility index (Phi) is 4.60. The lowest BCUT2D eigenvalue weighted by Gasteiger charge is -2.34. The minimum atomic E-state index is -3.73. The average molecular weight is 313 g/mol. The fourth-order valence-corrected chi connectivity index (χ4v) is 3.76. The molecule has 2 unspecified atom stereocenters. The van der Waals surface area contributed by atoms with Gasteiger partial charge in [-0.25, -0.2) is 22.9 Å². The SMILES string of the molecule is CC1CN(C)CCC1NS(=O)(=O)c1ccc(C(=O)O)cn1. The van der Waals surface area contributed by atoms with Gasteiger partial charge in [0.2, 0.25) is 0 Å². The van der Waals surface area contributed by atoms with E-state index >= 15 is 0 Å². The minimum Gasteiger partial charge on any atom is -0.478 e. The Hall–Kier alpha value is -1.51. The summed E-state index contributed by atoms with van der Waals surface area (Å²) in [6.07, 6.45) is 1.79. The van der Waals surface area contributed by atoms with Crippen LogP contribution in [-0.4, -0.2) is 55.6 Å². The Morgan fingerprint density at radius 2 is 2.19 bits per heavy atom. The van der Waals surface area contributed by atoms with Crippen LogP contribution in [0, 0.1) is 5.92 Å². The van der Waals surface area contributed by atoms with Crippen molar-refractivity contribution in [1.82, 2.24) is 14.6 Å². The predicted octanol–water partition coefficient (Wildman–Crippen LogP) is 0.398. The lowest BCUT2D eigenvalue weighted by atomic mass is 9.95. The number of hydrogen-bond donors (Lipinski definition) is 2. The maximum Gasteiger partial charge on any atom is 0.337 e. The molecule has 0 radical (unpaired) electrons. The minimum absolute atomic E-state index is 0.0402. The molecule has 0 aromatic carbocycles. The third kappa shape index (κ3) is 3.78. The van der Waals surface area contributed by atoms with Crippen LogP contribution in [-0.2, 0) is 10.0 Å². The van der Waals surface area contributed by atoms with Gasteiger partial charge in [0.15, 0.2) is 5.03 Å². The number of nitrogens with zero attached hydrogens (tertiary/aromatic N) is 2. The quantitative estimate of drug-likeness (QED) is 0.834. The highest BCUT2D eigenvalue weighted by Gasteiger charge is 2.29. The molecule has 0 spiro atoms. The van der Waals surface area contributed by atoms with Crippen molar-refractivity contribution in [1.29, 1.82) is 0 Å². The van der Waals surface area contributed by atoms with E-state index in [0.29, 0.717) is 0 Å². The fraction of sp³-hybridized carbons (Fsp3) is 0.538. The van der Waals surface area contributed by atoms with Gasteiger partial charge in [-0.1, -0.05) is 6.92 Å². The van der Waals surface area contributed by atoms with Crippen molar-refractivity contribution in [3.05, 3.63) is 23.9 Å². The van der Waals surface area contributed by atoms with E-state index in [4.69, 9.17) is 5.11 Å². The van der Waals surface area contributed by atoms with E-state index in [9.17, 15) is 13.2 Å². The van der Waals surface area contributed by atoms with Crippen LogP contribution < -0.4 is 4.72 Å². The molecule has 2 N–H and O–H groups in total. The number of sulfonamides is 1. The van der Waals surface area contributed by atoms with Crippen LogP contribution in [0.3, 0.4) is 0 Å². The smallest absolute Gasteiger partial charge is 0.337 e. The second-order valence-electron chi connectivity index (χ2n) is 5.45. The zero-order chi connectivity index (χ0) is 15.6. The predicted molar refractivity (Wildman–Crippen MR) is 76.6 cm³/mol. The Morgan fingerprint density at radius 3 is 2.71 bits per heavy atom. The number of carboxylic acids is 1. The molecule has 0 amide bonds. The molecule has 2 atom stereocenters. The average Bonchev–Trinajstić information content (AvgIpc) is 2.42. The topological polar surface area (TPSA) is 99.6 Å². The van der Waals surface area contributed by atoms with Gasteiger partial charge in [0.05, 0.1) is 5.56 Å². The van der Waals surface area contributed by atoms with E-state index in [0.717, 1.165) is 25.7 Å². The first-order chi connectivity index (χ1) is 9.79. The van der Waals surface area contributed by atoms with Crippen LogP contribution in [0.2, 0.25) is 0 Å². The van der Waals surface area contributed by atoms with Gasteiger partial charge in [-0.3, -0.25) is 0 Å². The van der Waals surface area contributed by atoms with Gasteiger partial charge in [-0.15, -0.1) is 0 Å². The van der Waals surface area contributed by atoms with Crippen molar-refractivity contribution in [3.8, 4) is 0 Å². The molecule has 7 nitrogen and oxygen atoms in total. The molecule has 21 heavy (non-hydrogen) atoms. The lowest BCUT2D eigenvalue weighted by Crippen LogP contribution is -2.48. The van der Waals surface area contributed by atoms with Gasteiger partial charge >= 0.3 is 5.97 Å². The molecule has 1 saturated heterocycles. The van der Waals surface area contributed by atoms with Crippen molar-refractivity contribution in [3.63, 3.8) is 0 Å². The van der Waals surface area contributed by atoms with Crippen molar-refractivity contribution in [2.24, 2.45) is 5.92 Å². The molecule has 2 rings (SSSR count). The van der Waals surface area contributed by atoms with E-state index in [2.05, 4.69) is 14.6 Å². The molecule has 0 saturated carbocycles. The molecule has 1 aromatic heterocycles. The monoisotopic (exact) mass is 313 g/mol. The summed E-state index contributed by atoms with van der Waals surface area (Å²) < 4.78 is 27.2. The summed E-state index contributed by atoms with van der Waals surface area (Å²) in [5.74, 6) is -0.930. The maximum atomic E-state index is 12.3. The summed E-state index contributed by atoms with van der Waals surface area (Å²) in [5, 5.41) is 8.64. The number of carbonyl (C=O) groups is 1. The van der Waals surface area contributed by atoms with Crippen LogP contribution in [0.15, 0.2) is 23.4 Å². The number of aromatic carboxylic acids is 1. The molecule has 0 bridgehead atoms. The Morgan fingerprint density at radius 1 is 1.48 bits per heavy atom. The Labute approximate surface area is 124 Å². The molecule has 2 heterocycles. The van der Waals surface area contributed by atoms with Crippen molar-refractivity contribution in [2.75, 3.05) is 20.1 Å². The zero-order valence-electron chi connectivity index (χ0n) is 12.0. The molecular formula is C13H19N3O4S. The summed E-state index contributed by atoms with van der Waals surface area (Å²) in [6.45, 7) is 3.67. The highest BCUT2D eigenvalue weighted by atomic mass is 32.2. The summed E-state index contributed by atoms with van der Waals surface area (Å²) >= 11 is 0. The maximum absolute atomic E-state index is 12.3. The number of likely N-dealkylation sites (tertiary alicyclic amines) is 1. The van der Waals surface area contributed by atoms with Gasteiger partial charge in [0, 0.05) is 18.8 Å².